The normalized spacial score (nSPS) is 14.9. The Bertz CT molecular complexity index is 430. The second kappa shape index (κ2) is 5.13. The summed E-state index contributed by atoms with van der Waals surface area (Å²) in [6, 6.07) is 7.34. The van der Waals surface area contributed by atoms with Crippen molar-refractivity contribution in [3.05, 3.63) is 44.3 Å². The summed E-state index contributed by atoms with van der Waals surface area (Å²) in [5.74, 6) is 0. The van der Waals surface area contributed by atoms with Crippen LogP contribution in [0.15, 0.2) is 29.0 Å². The minimum atomic E-state index is 0.427. The van der Waals surface area contributed by atoms with Crippen LogP contribution < -0.4 is 5.32 Å². The van der Waals surface area contributed by atoms with E-state index in [0.29, 0.717) is 12.1 Å². The summed E-state index contributed by atoms with van der Waals surface area (Å²) < 4.78 is 0. The molecule has 2 rings (SSSR count). The minimum Gasteiger partial charge on any atom is -0.302 e. The van der Waals surface area contributed by atoms with Crippen LogP contribution in [-0.2, 0) is 0 Å². The van der Waals surface area contributed by atoms with Gasteiger partial charge in [0, 0.05) is 21.8 Å². The molecular weight excluding hydrogens is 234 g/mol. The van der Waals surface area contributed by atoms with Crippen LogP contribution in [0.5, 0.6) is 0 Å². The van der Waals surface area contributed by atoms with E-state index in [-0.39, 0.29) is 0 Å². The number of thiophene rings is 2. The van der Waals surface area contributed by atoms with E-state index >= 15 is 0 Å². The van der Waals surface area contributed by atoms with Gasteiger partial charge in [-0.15, -0.1) is 22.7 Å². The topological polar surface area (TPSA) is 12.0 Å². The lowest BCUT2D eigenvalue weighted by Gasteiger charge is -2.18. The molecule has 0 aromatic carbocycles. The first-order valence-corrected chi connectivity index (χ1v) is 7.28. The molecule has 3 heteroatoms. The highest BCUT2D eigenvalue weighted by atomic mass is 32.1. The monoisotopic (exact) mass is 251 g/mol. The lowest BCUT2D eigenvalue weighted by Crippen LogP contribution is -2.21. The zero-order chi connectivity index (χ0) is 11.5. The summed E-state index contributed by atoms with van der Waals surface area (Å²) >= 11 is 3.65. The Kier molecular flexibility index (Phi) is 3.79. The fourth-order valence-corrected chi connectivity index (χ4v) is 3.59. The van der Waals surface area contributed by atoms with E-state index in [9.17, 15) is 0 Å². The first-order valence-electron chi connectivity index (χ1n) is 5.52. The molecule has 0 radical (unpaired) electrons. The molecule has 0 aliphatic rings. The van der Waals surface area contributed by atoms with Crippen LogP contribution in [0.25, 0.3) is 0 Å². The molecule has 1 nitrogen and oxygen atoms in total. The molecule has 0 saturated heterocycles. The number of aryl methyl sites for hydroxylation is 1. The van der Waals surface area contributed by atoms with E-state index in [1.54, 1.807) is 0 Å². The van der Waals surface area contributed by atoms with Crippen molar-refractivity contribution < 1.29 is 0 Å². The van der Waals surface area contributed by atoms with Crippen LogP contribution in [0.3, 0.4) is 0 Å². The Hall–Kier alpha value is -0.640. The van der Waals surface area contributed by atoms with Gasteiger partial charge in [-0.25, -0.2) is 0 Å². The SMILES string of the molecule is Cc1ccsc1C(C)N[C@H](C)c1cccs1. The van der Waals surface area contributed by atoms with Gasteiger partial charge >= 0.3 is 0 Å². The van der Waals surface area contributed by atoms with E-state index in [1.807, 2.05) is 22.7 Å². The maximum Gasteiger partial charge on any atom is 0.0394 e. The van der Waals surface area contributed by atoms with Gasteiger partial charge in [0.25, 0.3) is 0 Å². The summed E-state index contributed by atoms with van der Waals surface area (Å²) in [6.07, 6.45) is 0. The average Bonchev–Trinajstić information content (AvgIpc) is 2.86. The average molecular weight is 251 g/mol. The lowest BCUT2D eigenvalue weighted by molar-refractivity contribution is 0.504. The van der Waals surface area contributed by atoms with Crippen molar-refractivity contribution in [2.75, 3.05) is 0 Å². The van der Waals surface area contributed by atoms with Crippen LogP contribution in [0.2, 0.25) is 0 Å². The standard InChI is InChI=1S/C13H17NS2/c1-9-6-8-16-13(9)11(3)14-10(2)12-5-4-7-15-12/h4-8,10-11,14H,1-3H3/t10-,11?/m1/s1. The summed E-state index contributed by atoms with van der Waals surface area (Å²) in [5.41, 5.74) is 1.39. The van der Waals surface area contributed by atoms with Gasteiger partial charge in [0.15, 0.2) is 0 Å². The third-order valence-corrected chi connectivity index (χ3v) is 5.02. The van der Waals surface area contributed by atoms with E-state index in [0.717, 1.165) is 0 Å². The molecule has 0 aliphatic carbocycles. The minimum absolute atomic E-state index is 0.427. The van der Waals surface area contributed by atoms with Gasteiger partial charge in [-0.05, 0) is 49.2 Å². The Morgan fingerprint density at radius 3 is 2.44 bits per heavy atom. The summed E-state index contributed by atoms with van der Waals surface area (Å²) in [4.78, 5) is 2.85. The van der Waals surface area contributed by atoms with Gasteiger partial charge in [-0.3, -0.25) is 0 Å². The second-order valence-corrected chi connectivity index (χ2v) is 6.02. The molecule has 2 atom stereocenters. The smallest absolute Gasteiger partial charge is 0.0394 e. The van der Waals surface area contributed by atoms with Crippen molar-refractivity contribution in [2.45, 2.75) is 32.9 Å². The molecule has 86 valence electrons. The quantitative estimate of drug-likeness (QED) is 0.842. The van der Waals surface area contributed by atoms with Gasteiger partial charge in [0.1, 0.15) is 0 Å². The number of hydrogen-bond acceptors (Lipinski definition) is 3. The van der Waals surface area contributed by atoms with Crippen LogP contribution in [0, 0.1) is 6.92 Å². The van der Waals surface area contributed by atoms with Crippen molar-refractivity contribution in [1.82, 2.24) is 5.32 Å². The maximum atomic E-state index is 3.65. The van der Waals surface area contributed by atoms with E-state index in [2.05, 4.69) is 55.0 Å². The maximum absolute atomic E-state index is 3.65. The predicted octanol–water partition coefficient (Wildman–Crippen LogP) is 4.53. The van der Waals surface area contributed by atoms with E-state index < -0.39 is 0 Å². The summed E-state index contributed by atoms with van der Waals surface area (Å²) in [6.45, 7) is 6.65. The Morgan fingerprint density at radius 1 is 1.06 bits per heavy atom. The van der Waals surface area contributed by atoms with Crippen molar-refractivity contribution in [1.29, 1.82) is 0 Å². The lowest BCUT2D eigenvalue weighted by atomic mass is 10.1. The fourth-order valence-electron chi connectivity index (χ4n) is 1.90. The first-order chi connectivity index (χ1) is 7.68. The van der Waals surface area contributed by atoms with Crippen molar-refractivity contribution in [3.63, 3.8) is 0 Å². The summed E-state index contributed by atoms with van der Waals surface area (Å²) in [5, 5.41) is 7.95. The Labute approximate surface area is 105 Å². The Balaban J connectivity index is 2.03. The van der Waals surface area contributed by atoms with E-state index in [1.165, 1.54) is 15.3 Å². The first kappa shape index (κ1) is 11.8. The number of rotatable bonds is 4. The fraction of sp³-hybridized carbons (Fsp3) is 0.385. The molecule has 0 bridgehead atoms. The molecule has 2 aromatic rings. The molecule has 0 saturated carbocycles. The Morgan fingerprint density at radius 2 is 1.88 bits per heavy atom. The second-order valence-electron chi connectivity index (χ2n) is 4.09. The molecule has 0 amide bonds. The summed E-state index contributed by atoms with van der Waals surface area (Å²) in [7, 11) is 0. The predicted molar refractivity (Wildman–Crippen MR) is 73.3 cm³/mol. The molecule has 16 heavy (non-hydrogen) atoms. The highest BCUT2D eigenvalue weighted by Gasteiger charge is 2.14. The molecule has 0 fully saturated rings. The third-order valence-electron chi connectivity index (χ3n) is 2.76. The van der Waals surface area contributed by atoms with Gasteiger partial charge in [-0.2, -0.15) is 0 Å². The van der Waals surface area contributed by atoms with Crippen molar-refractivity contribution in [3.8, 4) is 0 Å². The van der Waals surface area contributed by atoms with Crippen LogP contribution in [-0.4, -0.2) is 0 Å². The molecule has 2 aromatic heterocycles. The van der Waals surface area contributed by atoms with Crippen LogP contribution in [0.4, 0.5) is 0 Å². The molecule has 1 N–H and O–H groups in total. The molecule has 1 unspecified atom stereocenters. The van der Waals surface area contributed by atoms with Gasteiger partial charge in [-0.1, -0.05) is 6.07 Å². The van der Waals surface area contributed by atoms with Crippen molar-refractivity contribution in [2.24, 2.45) is 0 Å². The highest BCUT2D eigenvalue weighted by Crippen LogP contribution is 2.27. The largest absolute Gasteiger partial charge is 0.302 e. The third kappa shape index (κ3) is 2.54. The van der Waals surface area contributed by atoms with Gasteiger partial charge in [0.05, 0.1) is 0 Å². The van der Waals surface area contributed by atoms with Crippen LogP contribution >= 0.6 is 22.7 Å². The van der Waals surface area contributed by atoms with E-state index in [4.69, 9.17) is 0 Å². The van der Waals surface area contributed by atoms with Crippen LogP contribution in [0.1, 0.15) is 41.2 Å². The molecule has 0 spiro atoms. The van der Waals surface area contributed by atoms with Gasteiger partial charge < -0.3 is 5.32 Å². The molecule has 0 aliphatic heterocycles. The van der Waals surface area contributed by atoms with Crippen molar-refractivity contribution >= 4 is 22.7 Å². The highest BCUT2D eigenvalue weighted by molar-refractivity contribution is 7.10. The zero-order valence-electron chi connectivity index (χ0n) is 9.86. The number of nitrogens with one attached hydrogen (secondary N) is 1. The molecular formula is C13H17NS2. The van der Waals surface area contributed by atoms with Gasteiger partial charge in [0.2, 0.25) is 0 Å². The number of hydrogen-bond donors (Lipinski definition) is 1. The zero-order valence-corrected chi connectivity index (χ0v) is 11.5. The molecule has 2 heterocycles.